The summed E-state index contributed by atoms with van der Waals surface area (Å²) in [5.74, 6) is 0.0926. The number of amides is 2. The van der Waals surface area contributed by atoms with E-state index in [9.17, 15) is 9.59 Å². The molecule has 2 aliphatic heterocycles. The van der Waals surface area contributed by atoms with Gasteiger partial charge in [0, 0.05) is 0 Å². The lowest BCUT2D eigenvalue weighted by atomic mass is 10.1. The molecule has 0 bridgehead atoms. The highest BCUT2D eigenvalue weighted by Gasteiger charge is 2.16. The van der Waals surface area contributed by atoms with E-state index in [1.165, 1.54) is 64.7 Å². The van der Waals surface area contributed by atoms with Crippen molar-refractivity contribution in [2.45, 2.75) is 51.4 Å². The van der Waals surface area contributed by atoms with Gasteiger partial charge in [-0.15, -0.1) is 0 Å². The molecule has 2 aliphatic rings. The molecular formula is C17H34N4O2+2. The summed E-state index contributed by atoms with van der Waals surface area (Å²) in [6.07, 6.45) is 8.92. The minimum Gasteiger partial charge on any atom is -0.339 e. The van der Waals surface area contributed by atoms with Gasteiger partial charge in [-0.25, -0.2) is 0 Å². The highest BCUT2D eigenvalue weighted by Crippen LogP contribution is 1.95. The van der Waals surface area contributed by atoms with Crippen molar-refractivity contribution in [3.05, 3.63) is 0 Å². The van der Waals surface area contributed by atoms with Crippen molar-refractivity contribution in [2.24, 2.45) is 0 Å². The van der Waals surface area contributed by atoms with Gasteiger partial charge < -0.3 is 20.4 Å². The van der Waals surface area contributed by atoms with Crippen molar-refractivity contribution in [1.29, 1.82) is 0 Å². The van der Waals surface area contributed by atoms with Crippen LogP contribution in [0.3, 0.4) is 0 Å². The first kappa shape index (κ1) is 18.2. The van der Waals surface area contributed by atoms with E-state index in [0.717, 1.165) is 13.1 Å². The standard InChI is InChI=1S/C17H32N4O2/c22-16(7-13-20-9-3-1-4-10-20)18-15-19-17(23)8-14-21-11-5-2-6-12-21/h1-15H2,(H,18,22)(H,19,23)/p+2. The topological polar surface area (TPSA) is 67.1 Å². The summed E-state index contributed by atoms with van der Waals surface area (Å²) in [6.45, 7) is 6.88. The monoisotopic (exact) mass is 326 g/mol. The maximum Gasteiger partial charge on any atom is 0.227 e. The smallest absolute Gasteiger partial charge is 0.227 e. The Morgan fingerprint density at radius 2 is 1.04 bits per heavy atom. The summed E-state index contributed by atoms with van der Waals surface area (Å²) in [5, 5.41) is 5.60. The Bertz CT molecular complexity index is 330. The maximum absolute atomic E-state index is 11.8. The van der Waals surface area contributed by atoms with Crippen LogP contribution >= 0.6 is 0 Å². The first-order valence-corrected chi connectivity index (χ1v) is 9.44. The normalized spacial score (nSPS) is 20.2. The van der Waals surface area contributed by atoms with Crippen LogP contribution in [0.1, 0.15) is 51.4 Å². The Labute approximate surface area is 140 Å². The van der Waals surface area contributed by atoms with Gasteiger partial charge in [-0.05, 0) is 38.5 Å². The third-order valence-corrected chi connectivity index (χ3v) is 5.10. The molecule has 2 fully saturated rings. The number of carbonyl (C=O) groups excluding carboxylic acids is 2. The van der Waals surface area contributed by atoms with Crippen molar-refractivity contribution >= 4 is 11.8 Å². The number of carbonyl (C=O) groups is 2. The Morgan fingerprint density at radius 1 is 0.652 bits per heavy atom. The van der Waals surface area contributed by atoms with Crippen LogP contribution in [0.25, 0.3) is 0 Å². The Hall–Kier alpha value is -1.14. The van der Waals surface area contributed by atoms with Crippen LogP contribution in [0.4, 0.5) is 0 Å². The van der Waals surface area contributed by atoms with Crippen LogP contribution in [0.2, 0.25) is 0 Å². The Balaban J connectivity index is 1.46. The van der Waals surface area contributed by atoms with Gasteiger partial charge in [0.15, 0.2) is 0 Å². The van der Waals surface area contributed by atoms with Gasteiger partial charge in [0.2, 0.25) is 11.8 Å². The van der Waals surface area contributed by atoms with Crippen molar-refractivity contribution < 1.29 is 19.4 Å². The highest BCUT2D eigenvalue weighted by molar-refractivity contribution is 5.78. The molecule has 0 radical (unpaired) electrons. The first-order chi connectivity index (χ1) is 11.2. The predicted molar refractivity (Wildman–Crippen MR) is 89.2 cm³/mol. The molecule has 132 valence electrons. The largest absolute Gasteiger partial charge is 0.339 e. The minimum absolute atomic E-state index is 0.0463. The summed E-state index contributed by atoms with van der Waals surface area (Å²) in [4.78, 5) is 26.7. The third kappa shape index (κ3) is 7.79. The Kier molecular flexibility index (Phi) is 8.39. The molecule has 0 aliphatic carbocycles. The molecule has 2 heterocycles. The fraction of sp³-hybridized carbons (Fsp3) is 0.882. The lowest BCUT2D eigenvalue weighted by Gasteiger charge is -2.23. The molecule has 0 aromatic carbocycles. The van der Waals surface area contributed by atoms with Gasteiger partial charge in [0.05, 0.1) is 58.8 Å². The van der Waals surface area contributed by atoms with Crippen LogP contribution in [-0.2, 0) is 9.59 Å². The van der Waals surface area contributed by atoms with Gasteiger partial charge in [-0.1, -0.05) is 0 Å². The molecule has 0 aromatic rings. The van der Waals surface area contributed by atoms with Crippen molar-refractivity contribution in [3.63, 3.8) is 0 Å². The number of quaternary nitrogens is 2. The quantitative estimate of drug-likeness (QED) is 0.394. The molecule has 0 atom stereocenters. The van der Waals surface area contributed by atoms with Crippen molar-refractivity contribution in [1.82, 2.24) is 10.6 Å². The zero-order valence-corrected chi connectivity index (χ0v) is 14.4. The van der Waals surface area contributed by atoms with Gasteiger partial charge in [-0.2, -0.15) is 0 Å². The minimum atomic E-state index is 0.0463. The van der Waals surface area contributed by atoms with E-state index in [0.29, 0.717) is 12.8 Å². The molecule has 0 saturated carbocycles. The summed E-state index contributed by atoms with van der Waals surface area (Å²) < 4.78 is 0. The molecule has 0 spiro atoms. The third-order valence-electron chi connectivity index (χ3n) is 5.10. The van der Waals surface area contributed by atoms with Crippen molar-refractivity contribution in [2.75, 3.05) is 45.9 Å². The van der Waals surface area contributed by atoms with Gasteiger partial charge in [-0.3, -0.25) is 9.59 Å². The van der Waals surface area contributed by atoms with E-state index in [4.69, 9.17) is 0 Å². The van der Waals surface area contributed by atoms with Crippen LogP contribution in [0, 0.1) is 0 Å². The molecule has 23 heavy (non-hydrogen) atoms. The predicted octanol–water partition coefficient (Wildman–Crippen LogP) is -1.91. The summed E-state index contributed by atoms with van der Waals surface area (Å²) in [7, 11) is 0. The highest BCUT2D eigenvalue weighted by atomic mass is 16.2. The second-order valence-corrected chi connectivity index (χ2v) is 7.00. The summed E-state index contributed by atoms with van der Waals surface area (Å²) >= 11 is 0. The average Bonchev–Trinajstić information content (AvgIpc) is 2.60. The number of likely N-dealkylation sites (tertiary alicyclic amines) is 2. The van der Waals surface area contributed by atoms with Gasteiger partial charge >= 0.3 is 0 Å². The summed E-state index contributed by atoms with van der Waals surface area (Å²) in [6, 6.07) is 0. The molecule has 0 aromatic heterocycles. The van der Waals surface area contributed by atoms with E-state index in [-0.39, 0.29) is 18.5 Å². The fourth-order valence-electron chi connectivity index (χ4n) is 3.60. The van der Waals surface area contributed by atoms with E-state index in [2.05, 4.69) is 10.6 Å². The van der Waals surface area contributed by atoms with E-state index < -0.39 is 0 Å². The second kappa shape index (κ2) is 10.6. The second-order valence-electron chi connectivity index (χ2n) is 7.00. The molecule has 2 rings (SSSR count). The summed E-state index contributed by atoms with van der Waals surface area (Å²) in [5.41, 5.74) is 0. The zero-order valence-electron chi connectivity index (χ0n) is 14.4. The fourth-order valence-corrected chi connectivity index (χ4v) is 3.60. The van der Waals surface area contributed by atoms with Gasteiger partial charge in [0.25, 0.3) is 0 Å². The molecule has 6 nitrogen and oxygen atoms in total. The molecule has 2 saturated heterocycles. The SMILES string of the molecule is O=C(CC[NH+]1CCCCC1)NCNC(=O)CC[NH+]1CCCCC1. The lowest BCUT2D eigenvalue weighted by Crippen LogP contribution is -3.12. The van der Waals surface area contributed by atoms with Crippen LogP contribution < -0.4 is 20.4 Å². The van der Waals surface area contributed by atoms with Crippen LogP contribution in [0.5, 0.6) is 0 Å². The van der Waals surface area contributed by atoms with E-state index >= 15 is 0 Å². The molecule has 6 heteroatoms. The number of hydrogen-bond acceptors (Lipinski definition) is 2. The number of rotatable bonds is 8. The lowest BCUT2D eigenvalue weighted by molar-refractivity contribution is -0.904. The Morgan fingerprint density at radius 3 is 1.43 bits per heavy atom. The number of piperidine rings is 2. The molecule has 0 unspecified atom stereocenters. The zero-order chi connectivity index (χ0) is 16.3. The van der Waals surface area contributed by atoms with Crippen LogP contribution in [0.15, 0.2) is 0 Å². The maximum atomic E-state index is 11.8. The van der Waals surface area contributed by atoms with E-state index in [1.807, 2.05) is 0 Å². The molecule has 4 N–H and O–H groups in total. The van der Waals surface area contributed by atoms with Crippen molar-refractivity contribution in [3.8, 4) is 0 Å². The van der Waals surface area contributed by atoms with E-state index in [1.54, 1.807) is 9.80 Å². The van der Waals surface area contributed by atoms with Crippen LogP contribution in [-0.4, -0.2) is 57.8 Å². The molecule has 2 amide bonds. The number of nitrogens with one attached hydrogen (secondary N) is 4. The first-order valence-electron chi connectivity index (χ1n) is 9.44. The average molecular weight is 326 g/mol. The number of hydrogen-bond donors (Lipinski definition) is 4. The molecular weight excluding hydrogens is 292 g/mol. The van der Waals surface area contributed by atoms with Gasteiger partial charge in [0.1, 0.15) is 0 Å².